The van der Waals surface area contributed by atoms with Gasteiger partial charge in [0, 0.05) is 11.6 Å². The average Bonchev–Trinajstić information content (AvgIpc) is 2.85. The molecule has 0 saturated carbocycles. The molecular weight excluding hydrogens is 320 g/mol. The number of nitriles is 1. The van der Waals surface area contributed by atoms with Crippen LogP contribution in [0, 0.1) is 17.2 Å². The van der Waals surface area contributed by atoms with Crippen molar-refractivity contribution in [1.82, 2.24) is 4.98 Å². The number of amides is 1. The van der Waals surface area contributed by atoms with Gasteiger partial charge in [-0.25, -0.2) is 0 Å². The third-order valence-electron chi connectivity index (χ3n) is 3.67. The third-order valence-corrected chi connectivity index (χ3v) is 4.48. The summed E-state index contributed by atoms with van der Waals surface area (Å²) >= 11 is 1.17. The molecule has 1 amide bonds. The van der Waals surface area contributed by atoms with E-state index in [9.17, 15) is 10.1 Å². The number of nitrogens with zero attached hydrogens (tertiary/aromatic N) is 3. The lowest BCUT2D eigenvalue weighted by molar-refractivity contribution is -0.113. The fourth-order valence-electron chi connectivity index (χ4n) is 2.66. The van der Waals surface area contributed by atoms with Gasteiger partial charge in [0.05, 0.1) is 16.0 Å². The largest absolute Gasteiger partial charge is 0.378 e. The summed E-state index contributed by atoms with van der Waals surface area (Å²) in [4.78, 5) is 20.3. The molecule has 0 spiro atoms. The molecule has 1 aliphatic heterocycles. The second kappa shape index (κ2) is 6.46. The molecule has 0 radical (unpaired) electrons. The molecule has 0 unspecified atom stereocenters. The fraction of sp³-hybridized carbons (Fsp3) is 0.222. The topological polar surface area (TPSA) is 92.1 Å². The highest BCUT2D eigenvalue weighted by atomic mass is 32.2. The van der Waals surface area contributed by atoms with Crippen molar-refractivity contribution in [3.63, 3.8) is 0 Å². The Hall–Kier alpha value is -2.65. The standard InChI is InChI=1S/C18H16N4OS/c1-10(2)5-13-12(8-19)9-21-15-4-3-11(6-14(13)15)7-16-17(23)22-18(20)24-16/h3-4,6-7,9-10H,5H2,1-2H3,(H2,20,22,23)/b16-7-. The summed E-state index contributed by atoms with van der Waals surface area (Å²) in [5, 5.41) is 10.6. The molecule has 0 bridgehead atoms. The quantitative estimate of drug-likeness (QED) is 0.869. The summed E-state index contributed by atoms with van der Waals surface area (Å²) in [6, 6.07) is 8.00. The molecule has 24 heavy (non-hydrogen) atoms. The first-order chi connectivity index (χ1) is 11.5. The molecule has 0 fully saturated rings. The number of carbonyl (C=O) groups excluding carboxylic acids is 1. The van der Waals surface area contributed by atoms with E-state index in [2.05, 4.69) is 29.9 Å². The van der Waals surface area contributed by atoms with Gasteiger partial charge >= 0.3 is 0 Å². The van der Waals surface area contributed by atoms with Gasteiger partial charge in [-0.3, -0.25) is 9.78 Å². The van der Waals surface area contributed by atoms with E-state index >= 15 is 0 Å². The number of amidine groups is 1. The lowest BCUT2D eigenvalue weighted by atomic mass is 9.94. The van der Waals surface area contributed by atoms with Gasteiger partial charge in [-0.1, -0.05) is 19.9 Å². The average molecular weight is 336 g/mol. The number of carbonyl (C=O) groups is 1. The maximum atomic E-state index is 11.8. The molecule has 0 saturated heterocycles. The summed E-state index contributed by atoms with van der Waals surface area (Å²) in [5.41, 5.74) is 8.88. The van der Waals surface area contributed by atoms with Crippen LogP contribution in [0.15, 0.2) is 34.3 Å². The zero-order valence-electron chi connectivity index (χ0n) is 13.4. The van der Waals surface area contributed by atoms with Crippen molar-refractivity contribution in [2.45, 2.75) is 20.3 Å². The van der Waals surface area contributed by atoms with Crippen LogP contribution in [0.1, 0.15) is 30.5 Å². The molecule has 1 aromatic carbocycles. The van der Waals surface area contributed by atoms with Crippen LogP contribution in [0.25, 0.3) is 17.0 Å². The van der Waals surface area contributed by atoms with E-state index in [1.54, 1.807) is 12.3 Å². The Bertz CT molecular complexity index is 938. The number of thioether (sulfide) groups is 1. The SMILES string of the molecule is CC(C)Cc1c(C#N)cnc2ccc(/C=C3\SC(N)=NC3=O)cc12. The Morgan fingerprint density at radius 1 is 1.42 bits per heavy atom. The number of nitrogens with two attached hydrogens (primary N) is 1. The molecule has 1 aliphatic rings. The van der Waals surface area contributed by atoms with Gasteiger partial charge in [0.15, 0.2) is 5.17 Å². The highest BCUT2D eigenvalue weighted by Gasteiger charge is 2.19. The van der Waals surface area contributed by atoms with Crippen molar-refractivity contribution in [2.75, 3.05) is 0 Å². The smallest absolute Gasteiger partial charge is 0.286 e. The Morgan fingerprint density at radius 3 is 2.83 bits per heavy atom. The number of fused-ring (bicyclic) bond motifs is 1. The van der Waals surface area contributed by atoms with Crippen LogP contribution < -0.4 is 5.73 Å². The number of aliphatic imine (C=N–C) groups is 1. The van der Waals surface area contributed by atoms with E-state index in [4.69, 9.17) is 5.73 Å². The maximum Gasteiger partial charge on any atom is 0.286 e. The minimum absolute atomic E-state index is 0.265. The molecule has 0 atom stereocenters. The zero-order chi connectivity index (χ0) is 17.3. The summed E-state index contributed by atoms with van der Waals surface area (Å²) in [6.45, 7) is 4.24. The highest BCUT2D eigenvalue weighted by Crippen LogP contribution is 2.29. The number of pyridine rings is 1. The van der Waals surface area contributed by atoms with Gasteiger partial charge in [-0.15, -0.1) is 0 Å². The predicted octanol–water partition coefficient (Wildman–Crippen LogP) is 3.23. The molecule has 5 nitrogen and oxygen atoms in total. The van der Waals surface area contributed by atoms with Crippen molar-refractivity contribution in [2.24, 2.45) is 16.6 Å². The van der Waals surface area contributed by atoms with Crippen molar-refractivity contribution < 1.29 is 4.79 Å². The van der Waals surface area contributed by atoms with Gasteiger partial charge < -0.3 is 5.73 Å². The summed E-state index contributed by atoms with van der Waals surface area (Å²) in [7, 11) is 0. The van der Waals surface area contributed by atoms with E-state index in [0.29, 0.717) is 16.4 Å². The van der Waals surface area contributed by atoms with Crippen LogP contribution in [-0.2, 0) is 11.2 Å². The molecule has 2 heterocycles. The van der Waals surface area contributed by atoms with E-state index < -0.39 is 0 Å². The van der Waals surface area contributed by atoms with Gasteiger partial charge in [0.1, 0.15) is 6.07 Å². The molecule has 2 aromatic rings. The second-order valence-electron chi connectivity index (χ2n) is 6.00. The van der Waals surface area contributed by atoms with Crippen molar-refractivity contribution >= 4 is 39.8 Å². The van der Waals surface area contributed by atoms with Crippen LogP contribution in [0.4, 0.5) is 0 Å². The molecule has 2 N–H and O–H groups in total. The second-order valence-corrected chi connectivity index (χ2v) is 7.06. The van der Waals surface area contributed by atoms with E-state index in [0.717, 1.165) is 28.5 Å². The van der Waals surface area contributed by atoms with Crippen molar-refractivity contribution in [1.29, 1.82) is 5.26 Å². The Morgan fingerprint density at radius 2 is 2.21 bits per heavy atom. The third kappa shape index (κ3) is 3.17. The first-order valence-corrected chi connectivity index (χ1v) is 8.39. The minimum atomic E-state index is -0.316. The van der Waals surface area contributed by atoms with Gasteiger partial charge in [-0.05, 0) is 53.4 Å². The lowest BCUT2D eigenvalue weighted by Crippen LogP contribution is -2.01. The van der Waals surface area contributed by atoms with Gasteiger partial charge in [-0.2, -0.15) is 10.3 Å². The molecule has 3 rings (SSSR count). The van der Waals surface area contributed by atoms with Crippen LogP contribution in [0.2, 0.25) is 0 Å². The number of rotatable bonds is 3. The summed E-state index contributed by atoms with van der Waals surface area (Å²) < 4.78 is 0. The maximum absolute atomic E-state index is 11.8. The minimum Gasteiger partial charge on any atom is -0.378 e. The van der Waals surface area contributed by atoms with Crippen molar-refractivity contribution in [3.8, 4) is 6.07 Å². The van der Waals surface area contributed by atoms with Crippen LogP contribution in [-0.4, -0.2) is 16.1 Å². The summed E-state index contributed by atoms with van der Waals surface area (Å²) in [5.74, 6) is 0.105. The van der Waals surface area contributed by atoms with E-state index in [-0.39, 0.29) is 11.1 Å². The van der Waals surface area contributed by atoms with E-state index in [1.165, 1.54) is 11.8 Å². The first kappa shape index (κ1) is 16.2. The van der Waals surface area contributed by atoms with E-state index in [1.807, 2.05) is 18.2 Å². The number of benzene rings is 1. The highest BCUT2D eigenvalue weighted by molar-refractivity contribution is 8.18. The van der Waals surface area contributed by atoms with Crippen LogP contribution >= 0.6 is 11.8 Å². The monoisotopic (exact) mass is 336 g/mol. The number of hydrogen-bond acceptors (Lipinski definition) is 5. The lowest BCUT2D eigenvalue weighted by Gasteiger charge is -2.11. The fourth-order valence-corrected chi connectivity index (χ4v) is 3.34. The van der Waals surface area contributed by atoms with Crippen LogP contribution in [0.3, 0.4) is 0 Å². The Kier molecular flexibility index (Phi) is 4.36. The molecule has 6 heteroatoms. The molecule has 0 aliphatic carbocycles. The van der Waals surface area contributed by atoms with Crippen molar-refractivity contribution in [3.05, 3.63) is 46.0 Å². The first-order valence-electron chi connectivity index (χ1n) is 7.57. The number of hydrogen-bond donors (Lipinski definition) is 1. The van der Waals surface area contributed by atoms with Crippen LogP contribution in [0.5, 0.6) is 0 Å². The number of aromatic nitrogens is 1. The zero-order valence-corrected chi connectivity index (χ0v) is 14.2. The molecule has 1 aromatic heterocycles. The molecule has 120 valence electrons. The Labute approximate surface area is 144 Å². The predicted molar refractivity (Wildman–Crippen MR) is 97.2 cm³/mol. The molecular formula is C18H16N4OS. The normalized spacial score (nSPS) is 16.0. The summed E-state index contributed by atoms with van der Waals surface area (Å²) in [6.07, 6.45) is 4.20. The van der Waals surface area contributed by atoms with Gasteiger partial charge in [0.25, 0.3) is 5.91 Å². The Balaban J connectivity index is 2.11. The van der Waals surface area contributed by atoms with Gasteiger partial charge in [0.2, 0.25) is 0 Å².